The van der Waals surface area contributed by atoms with Gasteiger partial charge in [0.05, 0.1) is 17.1 Å². The first-order chi connectivity index (χ1) is 11.4. The van der Waals surface area contributed by atoms with Crippen molar-refractivity contribution in [2.45, 2.75) is 52.2 Å². The Morgan fingerprint density at radius 3 is 2.92 bits per heavy atom. The maximum atomic E-state index is 12.5. The van der Waals surface area contributed by atoms with Gasteiger partial charge in [-0.1, -0.05) is 18.2 Å². The standard InChI is InChI=1S/C19H25N3O2/c1-5-7-13-9-10-14-15(12-13)21-17(20-14)16-8-6-11-22(16)18(23)24-19(2,3)4/h5,7,9-10,12,16H,6,8,11H2,1-4H3,(H,20,21)/b7-5+/t16-/m0/s1. The molecule has 1 fully saturated rings. The van der Waals surface area contributed by atoms with Crippen LogP contribution in [0.5, 0.6) is 0 Å². The molecule has 128 valence electrons. The molecule has 1 aromatic carbocycles. The summed E-state index contributed by atoms with van der Waals surface area (Å²) < 4.78 is 5.53. The van der Waals surface area contributed by atoms with E-state index in [0.717, 1.165) is 35.3 Å². The lowest BCUT2D eigenvalue weighted by Gasteiger charge is -2.27. The van der Waals surface area contributed by atoms with Gasteiger partial charge in [0.25, 0.3) is 0 Å². The van der Waals surface area contributed by atoms with Crippen LogP contribution in [-0.4, -0.2) is 33.1 Å². The van der Waals surface area contributed by atoms with Crippen molar-refractivity contribution >= 4 is 23.2 Å². The van der Waals surface area contributed by atoms with Crippen LogP contribution in [-0.2, 0) is 4.74 Å². The minimum Gasteiger partial charge on any atom is -0.444 e. The van der Waals surface area contributed by atoms with Crippen LogP contribution in [0.2, 0.25) is 0 Å². The zero-order chi connectivity index (χ0) is 17.3. The molecule has 2 heterocycles. The number of carbonyl (C=O) groups is 1. The summed E-state index contributed by atoms with van der Waals surface area (Å²) in [6.07, 6.45) is 5.67. The average molecular weight is 327 g/mol. The van der Waals surface area contributed by atoms with Crippen molar-refractivity contribution in [2.24, 2.45) is 0 Å². The zero-order valence-corrected chi connectivity index (χ0v) is 14.8. The number of carbonyl (C=O) groups excluding carboxylic acids is 1. The van der Waals surface area contributed by atoms with Gasteiger partial charge in [-0.15, -0.1) is 0 Å². The molecule has 1 aliphatic heterocycles. The topological polar surface area (TPSA) is 58.2 Å². The Morgan fingerprint density at radius 1 is 1.42 bits per heavy atom. The van der Waals surface area contributed by atoms with Crippen molar-refractivity contribution in [3.8, 4) is 0 Å². The molecule has 0 saturated carbocycles. The second-order valence-corrected chi connectivity index (χ2v) is 7.23. The SMILES string of the molecule is C/C=C/c1ccc2nc([C@@H]3CCCN3C(=O)OC(C)(C)C)[nH]c2c1. The van der Waals surface area contributed by atoms with E-state index in [4.69, 9.17) is 9.72 Å². The molecular formula is C19H25N3O2. The van der Waals surface area contributed by atoms with Crippen LogP contribution < -0.4 is 0 Å². The molecule has 1 aromatic heterocycles. The Balaban J connectivity index is 1.87. The molecule has 24 heavy (non-hydrogen) atoms. The number of likely N-dealkylation sites (tertiary alicyclic amines) is 1. The summed E-state index contributed by atoms with van der Waals surface area (Å²) in [4.78, 5) is 22.3. The summed E-state index contributed by atoms with van der Waals surface area (Å²) in [5, 5.41) is 0. The second-order valence-electron chi connectivity index (χ2n) is 7.23. The van der Waals surface area contributed by atoms with Crippen LogP contribution in [0.25, 0.3) is 17.1 Å². The molecule has 0 spiro atoms. The lowest BCUT2D eigenvalue weighted by atomic mass is 10.2. The second kappa shape index (κ2) is 6.30. The number of nitrogens with zero attached hydrogens (tertiary/aromatic N) is 2. The number of benzene rings is 1. The Hall–Kier alpha value is -2.30. The van der Waals surface area contributed by atoms with Crippen molar-refractivity contribution in [2.75, 3.05) is 6.54 Å². The fourth-order valence-electron chi connectivity index (χ4n) is 3.09. The predicted molar refractivity (Wildman–Crippen MR) is 95.7 cm³/mol. The third kappa shape index (κ3) is 3.45. The first kappa shape index (κ1) is 16.6. The minimum atomic E-state index is -0.487. The Kier molecular flexibility index (Phi) is 4.35. The monoisotopic (exact) mass is 327 g/mol. The van der Waals surface area contributed by atoms with Gasteiger partial charge in [0.1, 0.15) is 11.4 Å². The zero-order valence-electron chi connectivity index (χ0n) is 14.8. The molecule has 1 saturated heterocycles. The van der Waals surface area contributed by atoms with E-state index >= 15 is 0 Å². The van der Waals surface area contributed by atoms with E-state index in [1.807, 2.05) is 45.9 Å². The van der Waals surface area contributed by atoms with E-state index in [1.165, 1.54) is 0 Å². The third-order valence-electron chi connectivity index (χ3n) is 4.08. The summed E-state index contributed by atoms with van der Waals surface area (Å²) >= 11 is 0. The highest BCUT2D eigenvalue weighted by Gasteiger charge is 2.34. The Labute approximate surface area is 142 Å². The Morgan fingerprint density at radius 2 is 2.21 bits per heavy atom. The molecule has 5 nitrogen and oxygen atoms in total. The van der Waals surface area contributed by atoms with E-state index < -0.39 is 5.60 Å². The normalized spacial score (nSPS) is 18.7. The van der Waals surface area contributed by atoms with Crippen LogP contribution >= 0.6 is 0 Å². The smallest absolute Gasteiger partial charge is 0.410 e. The number of amides is 1. The van der Waals surface area contributed by atoms with Gasteiger partial charge in [-0.2, -0.15) is 0 Å². The van der Waals surface area contributed by atoms with Gasteiger partial charge in [0.2, 0.25) is 0 Å². The van der Waals surface area contributed by atoms with Crippen molar-refractivity contribution in [3.63, 3.8) is 0 Å². The number of hydrogen-bond donors (Lipinski definition) is 1. The van der Waals surface area contributed by atoms with E-state index in [0.29, 0.717) is 6.54 Å². The third-order valence-corrected chi connectivity index (χ3v) is 4.08. The van der Waals surface area contributed by atoms with E-state index in [1.54, 1.807) is 4.90 Å². The van der Waals surface area contributed by atoms with Gasteiger partial charge in [0.15, 0.2) is 0 Å². The molecule has 1 N–H and O–H groups in total. The summed E-state index contributed by atoms with van der Waals surface area (Å²) in [7, 11) is 0. The van der Waals surface area contributed by atoms with Crippen molar-refractivity contribution in [3.05, 3.63) is 35.7 Å². The van der Waals surface area contributed by atoms with Gasteiger partial charge in [-0.25, -0.2) is 9.78 Å². The minimum absolute atomic E-state index is 0.0441. The maximum absolute atomic E-state index is 12.5. The molecule has 2 aromatic rings. The number of imidazole rings is 1. The van der Waals surface area contributed by atoms with Crippen LogP contribution in [0.15, 0.2) is 24.3 Å². The molecule has 0 unspecified atom stereocenters. The summed E-state index contributed by atoms with van der Waals surface area (Å²) in [5.74, 6) is 0.839. The first-order valence-corrected chi connectivity index (χ1v) is 8.49. The van der Waals surface area contributed by atoms with E-state index in [-0.39, 0.29) is 12.1 Å². The molecule has 3 rings (SSSR count). The maximum Gasteiger partial charge on any atom is 0.410 e. The number of fused-ring (bicyclic) bond motifs is 1. The number of nitrogens with one attached hydrogen (secondary N) is 1. The largest absolute Gasteiger partial charge is 0.444 e. The number of H-pyrrole nitrogens is 1. The van der Waals surface area contributed by atoms with Gasteiger partial charge in [-0.05, 0) is 58.2 Å². The van der Waals surface area contributed by atoms with Crippen LogP contribution in [0.3, 0.4) is 0 Å². The molecule has 0 aliphatic carbocycles. The number of allylic oxidation sites excluding steroid dienone is 1. The number of ether oxygens (including phenoxy) is 1. The van der Waals surface area contributed by atoms with E-state index in [9.17, 15) is 4.79 Å². The summed E-state index contributed by atoms with van der Waals surface area (Å²) in [6.45, 7) is 8.38. The predicted octanol–water partition coefficient (Wildman–Crippen LogP) is 4.67. The average Bonchev–Trinajstić information content (AvgIpc) is 3.11. The molecule has 5 heteroatoms. The first-order valence-electron chi connectivity index (χ1n) is 8.49. The molecular weight excluding hydrogens is 302 g/mol. The number of rotatable bonds is 2. The lowest BCUT2D eigenvalue weighted by Crippen LogP contribution is -2.36. The fraction of sp³-hybridized carbons (Fsp3) is 0.474. The van der Waals surface area contributed by atoms with Gasteiger partial charge >= 0.3 is 6.09 Å². The van der Waals surface area contributed by atoms with Gasteiger partial charge in [0, 0.05) is 6.54 Å². The van der Waals surface area contributed by atoms with Gasteiger partial charge in [-0.3, -0.25) is 4.90 Å². The highest BCUT2D eigenvalue weighted by molar-refractivity contribution is 5.78. The number of hydrogen-bond acceptors (Lipinski definition) is 3. The fourth-order valence-corrected chi connectivity index (χ4v) is 3.09. The van der Waals surface area contributed by atoms with Crippen LogP contribution in [0.4, 0.5) is 4.79 Å². The number of aromatic amines is 1. The molecule has 1 atom stereocenters. The lowest BCUT2D eigenvalue weighted by molar-refractivity contribution is 0.0219. The van der Waals surface area contributed by atoms with Crippen molar-refractivity contribution in [1.82, 2.24) is 14.9 Å². The Bertz CT molecular complexity index is 771. The molecule has 0 radical (unpaired) electrons. The van der Waals surface area contributed by atoms with Crippen LogP contribution in [0, 0.1) is 0 Å². The van der Waals surface area contributed by atoms with Crippen molar-refractivity contribution < 1.29 is 9.53 Å². The summed E-state index contributed by atoms with van der Waals surface area (Å²) in [5.41, 5.74) is 2.57. The molecule has 1 aliphatic rings. The molecule has 0 bridgehead atoms. The van der Waals surface area contributed by atoms with E-state index in [2.05, 4.69) is 17.1 Å². The summed E-state index contributed by atoms with van der Waals surface area (Å²) in [6, 6.07) is 6.10. The number of aromatic nitrogens is 2. The highest BCUT2D eigenvalue weighted by atomic mass is 16.6. The quantitative estimate of drug-likeness (QED) is 0.872. The molecule has 1 amide bonds. The van der Waals surface area contributed by atoms with Crippen LogP contribution in [0.1, 0.15) is 58.0 Å². The highest BCUT2D eigenvalue weighted by Crippen LogP contribution is 2.32. The van der Waals surface area contributed by atoms with Crippen molar-refractivity contribution in [1.29, 1.82) is 0 Å². The van der Waals surface area contributed by atoms with Gasteiger partial charge < -0.3 is 9.72 Å².